The summed E-state index contributed by atoms with van der Waals surface area (Å²) in [6, 6.07) is 14.3. The second-order valence-electron chi connectivity index (χ2n) is 5.59. The van der Waals surface area contributed by atoms with Crippen molar-refractivity contribution in [3.8, 4) is 0 Å². The van der Waals surface area contributed by atoms with Gasteiger partial charge in [0, 0.05) is 17.3 Å². The van der Waals surface area contributed by atoms with E-state index < -0.39 is 28.0 Å². The molecule has 2 aromatic carbocycles. The summed E-state index contributed by atoms with van der Waals surface area (Å²) in [6.07, 6.45) is -1.23. The number of rotatable bonds is 8. The van der Waals surface area contributed by atoms with Crippen LogP contribution in [-0.4, -0.2) is 32.9 Å². The minimum atomic E-state index is -3.69. The van der Waals surface area contributed by atoms with Gasteiger partial charge in [-0.3, -0.25) is 9.59 Å². The van der Waals surface area contributed by atoms with E-state index in [9.17, 15) is 18.0 Å². The predicted octanol–water partition coefficient (Wildman–Crippen LogP) is 2.58. The first-order valence-corrected chi connectivity index (χ1v) is 9.94. The maximum absolute atomic E-state index is 12.0. The Kier molecular flexibility index (Phi) is 7.35. The Hall–Kier alpha value is -2.42. The monoisotopic (exact) mass is 410 g/mol. The molecule has 0 saturated carbocycles. The van der Waals surface area contributed by atoms with Gasteiger partial charge < -0.3 is 10.1 Å². The van der Waals surface area contributed by atoms with Gasteiger partial charge in [-0.05, 0) is 43.3 Å². The normalized spacial score (nSPS) is 12.2. The number of halogens is 1. The molecule has 0 saturated heterocycles. The van der Waals surface area contributed by atoms with Crippen LogP contribution < -0.4 is 10.0 Å². The number of hydrogen-bond acceptors (Lipinski definition) is 5. The molecule has 9 heteroatoms. The summed E-state index contributed by atoms with van der Waals surface area (Å²) >= 11 is 5.77. The van der Waals surface area contributed by atoms with Crippen molar-refractivity contribution >= 4 is 39.2 Å². The molecule has 2 N–H and O–H groups in total. The van der Waals surface area contributed by atoms with E-state index in [-0.39, 0.29) is 17.9 Å². The lowest BCUT2D eigenvalue weighted by molar-refractivity contribution is -0.152. The summed E-state index contributed by atoms with van der Waals surface area (Å²) in [5.74, 6) is -1.19. The molecule has 2 aromatic rings. The summed E-state index contributed by atoms with van der Waals surface area (Å²) in [5, 5.41) is 3.12. The molecule has 0 aliphatic heterocycles. The molecule has 144 valence electrons. The van der Waals surface area contributed by atoms with Crippen molar-refractivity contribution in [2.24, 2.45) is 0 Å². The number of carbonyl (C=O) groups is 2. The van der Waals surface area contributed by atoms with E-state index in [0.717, 1.165) is 0 Å². The zero-order valence-corrected chi connectivity index (χ0v) is 16.1. The average molecular weight is 411 g/mol. The lowest BCUT2D eigenvalue weighted by Gasteiger charge is -2.14. The van der Waals surface area contributed by atoms with Crippen LogP contribution in [0.1, 0.15) is 13.3 Å². The van der Waals surface area contributed by atoms with Crippen molar-refractivity contribution in [1.29, 1.82) is 0 Å². The highest BCUT2D eigenvalue weighted by Gasteiger charge is 2.19. The zero-order chi connectivity index (χ0) is 19.9. The Morgan fingerprint density at radius 1 is 1.07 bits per heavy atom. The zero-order valence-electron chi connectivity index (χ0n) is 14.5. The summed E-state index contributed by atoms with van der Waals surface area (Å²) in [7, 11) is -3.69. The number of sulfonamides is 1. The number of carbonyl (C=O) groups excluding carboxylic acids is 2. The lowest BCUT2D eigenvalue weighted by Crippen LogP contribution is -2.32. The van der Waals surface area contributed by atoms with Gasteiger partial charge in [0.2, 0.25) is 10.0 Å². The summed E-state index contributed by atoms with van der Waals surface area (Å²) < 4.78 is 31.4. The van der Waals surface area contributed by atoms with Crippen LogP contribution in [0.5, 0.6) is 0 Å². The fourth-order valence-corrected chi connectivity index (χ4v) is 3.24. The van der Waals surface area contributed by atoms with E-state index in [2.05, 4.69) is 10.0 Å². The molecule has 0 spiro atoms. The van der Waals surface area contributed by atoms with Gasteiger partial charge in [0.25, 0.3) is 5.91 Å². The molecule has 1 amide bonds. The maximum Gasteiger partial charge on any atom is 0.307 e. The van der Waals surface area contributed by atoms with E-state index in [4.69, 9.17) is 16.3 Å². The van der Waals surface area contributed by atoms with Crippen LogP contribution in [0.3, 0.4) is 0 Å². The maximum atomic E-state index is 12.0. The molecular formula is C18H19ClN2O5S. The molecule has 0 fully saturated rings. The van der Waals surface area contributed by atoms with Crippen LogP contribution in [0.4, 0.5) is 5.69 Å². The average Bonchev–Trinajstić information content (AvgIpc) is 2.64. The summed E-state index contributed by atoms with van der Waals surface area (Å²) in [4.78, 5) is 23.9. The number of benzene rings is 2. The predicted molar refractivity (Wildman–Crippen MR) is 102 cm³/mol. The first-order chi connectivity index (χ1) is 12.8. The third-order valence-electron chi connectivity index (χ3n) is 3.46. The lowest BCUT2D eigenvalue weighted by atomic mass is 10.3. The smallest absolute Gasteiger partial charge is 0.307 e. The van der Waals surface area contributed by atoms with Gasteiger partial charge in [0.1, 0.15) is 0 Å². The molecule has 0 aliphatic rings. The third kappa shape index (κ3) is 6.67. The van der Waals surface area contributed by atoms with Crippen LogP contribution in [0.2, 0.25) is 5.02 Å². The first-order valence-electron chi connectivity index (χ1n) is 8.08. The molecule has 0 aromatic heterocycles. The van der Waals surface area contributed by atoms with Gasteiger partial charge in [0.05, 0.1) is 11.3 Å². The number of hydrogen-bond donors (Lipinski definition) is 2. The van der Waals surface area contributed by atoms with Crippen molar-refractivity contribution in [1.82, 2.24) is 4.72 Å². The second kappa shape index (κ2) is 9.50. The number of esters is 1. The Labute approximate surface area is 162 Å². The van der Waals surface area contributed by atoms with Gasteiger partial charge in [-0.2, -0.15) is 0 Å². The van der Waals surface area contributed by atoms with E-state index >= 15 is 0 Å². The van der Waals surface area contributed by atoms with Crippen LogP contribution in [-0.2, 0) is 24.3 Å². The number of anilines is 1. The van der Waals surface area contributed by atoms with E-state index in [1.165, 1.54) is 19.1 Å². The topological polar surface area (TPSA) is 102 Å². The molecule has 0 aliphatic carbocycles. The molecule has 0 bridgehead atoms. The van der Waals surface area contributed by atoms with Crippen LogP contribution in [0.15, 0.2) is 59.5 Å². The van der Waals surface area contributed by atoms with Gasteiger partial charge in [-0.25, -0.2) is 13.1 Å². The minimum Gasteiger partial charge on any atom is -0.452 e. The quantitative estimate of drug-likeness (QED) is 0.651. The van der Waals surface area contributed by atoms with Gasteiger partial charge in [-0.1, -0.05) is 29.8 Å². The Morgan fingerprint density at radius 3 is 2.33 bits per heavy atom. The first kappa shape index (κ1) is 20.9. The number of nitrogens with one attached hydrogen (secondary N) is 2. The van der Waals surface area contributed by atoms with Crippen molar-refractivity contribution in [3.05, 3.63) is 59.6 Å². The van der Waals surface area contributed by atoms with Gasteiger partial charge in [0.15, 0.2) is 6.10 Å². The van der Waals surface area contributed by atoms with Crippen molar-refractivity contribution in [3.63, 3.8) is 0 Å². The molecule has 0 heterocycles. The second-order valence-corrected chi connectivity index (χ2v) is 7.79. The SMILES string of the molecule is C[C@H](OC(=O)CCNS(=O)(=O)c1ccccc1)C(=O)Nc1ccc(Cl)cc1. The fraction of sp³-hybridized carbons (Fsp3) is 0.222. The Balaban J connectivity index is 1.77. The van der Waals surface area contributed by atoms with E-state index in [1.54, 1.807) is 42.5 Å². The molecule has 2 rings (SSSR count). The van der Waals surface area contributed by atoms with Crippen molar-refractivity contribution in [2.75, 3.05) is 11.9 Å². The molecular weight excluding hydrogens is 392 g/mol. The number of ether oxygens (including phenoxy) is 1. The Bertz CT molecular complexity index is 886. The van der Waals surface area contributed by atoms with Crippen LogP contribution in [0, 0.1) is 0 Å². The summed E-state index contributed by atoms with van der Waals surface area (Å²) in [5.41, 5.74) is 0.517. The summed E-state index contributed by atoms with van der Waals surface area (Å²) in [6.45, 7) is 1.29. The van der Waals surface area contributed by atoms with Crippen molar-refractivity contribution in [2.45, 2.75) is 24.3 Å². The molecule has 7 nitrogen and oxygen atoms in total. The number of amides is 1. The third-order valence-corrected chi connectivity index (χ3v) is 5.19. The van der Waals surface area contributed by atoms with Gasteiger partial charge in [-0.15, -0.1) is 0 Å². The largest absolute Gasteiger partial charge is 0.452 e. The highest BCUT2D eigenvalue weighted by atomic mass is 35.5. The van der Waals surface area contributed by atoms with Crippen molar-refractivity contribution < 1.29 is 22.7 Å². The molecule has 27 heavy (non-hydrogen) atoms. The standard InChI is InChI=1S/C18H19ClN2O5S/c1-13(18(23)21-15-9-7-14(19)8-10-15)26-17(22)11-12-20-27(24,25)16-5-3-2-4-6-16/h2-10,13,20H,11-12H2,1H3,(H,21,23)/t13-/m0/s1. The molecule has 1 atom stereocenters. The minimum absolute atomic E-state index is 0.106. The van der Waals surface area contributed by atoms with Gasteiger partial charge >= 0.3 is 5.97 Å². The fourth-order valence-electron chi connectivity index (χ4n) is 2.06. The Morgan fingerprint density at radius 2 is 1.70 bits per heavy atom. The molecule has 0 unspecified atom stereocenters. The highest BCUT2D eigenvalue weighted by molar-refractivity contribution is 7.89. The van der Waals surface area contributed by atoms with E-state index in [1.807, 2.05) is 0 Å². The highest BCUT2D eigenvalue weighted by Crippen LogP contribution is 2.14. The van der Waals surface area contributed by atoms with Crippen LogP contribution >= 0.6 is 11.6 Å². The van der Waals surface area contributed by atoms with E-state index in [0.29, 0.717) is 10.7 Å². The van der Waals surface area contributed by atoms with Crippen LogP contribution in [0.25, 0.3) is 0 Å². The molecule has 0 radical (unpaired) electrons.